The molecule has 19 heavy (non-hydrogen) atoms. The van der Waals surface area contributed by atoms with E-state index in [2.05, 4.69) is 19.9 Å². The van der Waals surface area contributed by atoms with Gasteiger partial charge in [-0.25, -0.2) is 15.0 Å². The molecule has 5 nitrogen and oxygen atoms in total. The Bertz CT molecular complexity index is 596. The highest BCUT2D eigenvalue weighted by Gasteiger charge is 2.20. The molecular weight excluding hydrogens is 238 g/mol. The zero-order chi connectivity index (χ0) is 13.4. The van der Waals surface area contributed by atoms with E-state index in [4.69, 9.17) is 4.98 Å². The molecule has 3 heterocycles. The Labute approximate surface area is 113 Å². The molecule has 100 valence electrons. The monoisotopic (exact) mass is 257 g/mol. The Morgan fingerprint density at radius 2 is 2.16 bits per heavy atom. The summed E-state index contributed by atoms with van der Waals surface area (Å²) in [5.74, 6) is 1.90. The lowest BCUT2D eigenvalue weighted by atomic mass is 10.2. The van der Waals surface area contributed by atoms with E-state index >= 15 is 0 Å². The largest absolute Gasteiger partial charge is 0.330 e. The SMILES string of the molecule is Cc1cc(-c2cnc(C)n2C)nc([C@H]2CCCN2)n1. The number of rotatable bonds is 2. The van der Waals surface area contributed by atoms with Crippen LogP contribution in [0.15, 0.2) is 12.3 Å². The van der Waals surface area contributed by atoms with Crippen LogP contribution in [0.4, 0.5) is 0 Å². The molecule has 1 fully saturated rings. The summed E-state index contributed by atoms with van der Waals surface area (Å²) in [5.41, 5.74) is 3.01. The summed E-state index contributed by atoms with van der Waals surface area (Å²) in [6, 6.07) is 2.32. The third-order valence-electron chi connectivity index (χ3n) is 3.73. The molecule has 5 heteroatoms. The number of aromatic nitrogens is 4. The Hall–Kier alpha value is -1.75. The average molecular weight is 257 g/mol. The molecule has 3 rings (SSSR count). The first kappa shape index (κ1) is 12.3. The van der Waals surface area contributed by atoms with Gasteiger partial charge >= 0.3 is 0 Å². The molecule has 0 aromatic carbocycles. The van der Waals surface area contributed by atoms with Gasteiger partial charge in [-0.1, -0.05) is 0 Å². The maximum Gasteiger partial charge on any atom is 0.146 e. The van der Waals surface area contributed by atoms with Crippen molar-refractivity contribution in [3.05, 3.63) is 29.6 Å². The zero-order valence-corrected chi connectivity index (χ0v) is 11.6. The second kappa shape index (κ2) is 4.74. The predicted molar refractivity (Wildman–Crippen MR) is 73.7 cm³/mol. The fourth-order valence-electron chi connectivity index (χ4n) is 2.52. The van der Waals surface area contributed by atoms with Crippen molar-refractivity contribution in [2.75, 3.05) is 6.54 Å². The number of imidazole rings is 1. The second-order valence-corrected chi connectivity index (χ2v) is 5.15. The van der Waals surface area contributed by atoms with E-state index in [9.17, 15) is 0 Å². The lowest BCUT2D eigenvalue weighted by molar-refractivity contribution is 0.603. The molecule has 0 bridgehead atoms. The van der Waals surface area contributed by atoms with Crippen molar-refractivity contribution in [2.24, 2.45) is 7.05 Å². The lowest BCUT2D eigenvalue weighted by Gasteiger charge is -2.11. The van der Waals surface area contributed by atoms with Crippen LogP contribution in [-0.4, -0.2) is 26.1 Å². The average Bonchev–Trinajstić information content (AvgIpc) is 3.01. The summed E-state index contributed by atoms with van der Waals surface area (Å²) in [7, 11) is 2.02. The summed E-state index contributed by atoms with van der Waals surface area (Å²) in [6.45, 7) is 5.08. The van der Waals surface area contributed by atoms with Gasteiger partial charge in [-0.15, -0.1) is 0 Å². The van der Waals surface area contributed by atoms with Crippen LogP contribution in [0.5, 0.6) is 0 Å². The smallest absolute Gasteiger partial charge is 0.146 e. The van der Waals surface area contributed by atoms with E-state index < -0.39 is 0 Å². The fraction of sp³-hybridized carbons (Fsp3) is 0.500. The minimum atomic E-state index is 0.299. The van der Waals surface area contributed by atoms with Gasteiger partial charge in [-0.2, -0.15) is 0 Å². The maximum atomic E-state index is 4.73. The third-order valence-corrected chi connectivity index (χ3v) is 3.73. The molecule has 1 saturated heterocycles. The first-order valence-electron chi connectivity index (χ1n) is 6.73. The topological polar surface area (TPSA) is 55.6 Å². The third kappa shape index (κ3) is 2.26. The van der Waals surface area contributed by atoms with Gasteiger partial charge in [-0.3, -0.25) is 0 Å². The Balaban J connectivity index is 2.04. The van der Waals surface area contributed by atoms with Gasteiger partial charge in [0.15, 0.2) is 0 Å². The molecule has 0 unspecified atom stereocenters. The van der Waals surface area contributed by atoms with E-state index in [1.54, 1.807) is 0 Å². The Kier molecular flexibility index (Phi) is 3.06. The predicted octanol–water partition coefficient (Wildman–Crippen LogP) is 1.92. The van der Waals surface area contributed by atoms with Gasteiger partial charge in [0, 0.05) is 12.7 Å². The van der Waals surface area contributed by atoms with Gasteiger partial charge < -0.3 is 9.88 Å². The van der Waals surface area contributed by atoms with Gasteiger partial charge in [0.1, 0.15) is 11.6 Å². The quantitative estimate of drug-likeness (QED) is 0.893. The van der Waals surface area contributed by atoms with Crippen LogP contribution < -0.4 is 5.32 Å². The highest BCUT2D eigenvalue weighted by atomic mass is 15.1. The lowest BCUT2D eigenvalue weighted by Crippen LogP contribution is -2.16. The maximum absolute atomic E-state index is 4.73. The first-order chi connectivity index (χ1) is 9.15. The van der Waals surface area contributed by atoms with Crippen molar-refractivity contribution in [1.29, 1.82) is 0 Å². The number of nitrogens with zero attached hydrogens (tertiary/aromatic N) is 4. The van der Waals surface area contributed by atoms with Crippen LogP contribution in [0.3, 0.4) is 0 Å². The van der Waals surface area contributed by atoms with Crippen LogP contribution in [0.25, 0.3) is 11.4 Å². The highest BCUT2D eigenvalue weighted by Crippen LogP contribution is 2.24. The molecule has 1 aliphatic heterocycles. The number of nitrogens with one attached hydrogen (secondary N) is 1. The molecule has 1 atom stereocenters. The number of hydrogen-bond donors (Lipinski definition) is 1. The van der Waals surface area contributed by atoms with Crippen molar-refractivity contribution in [3.8, 4) is 11.4 Å². The second-order valence-electron chi connectivity index (χ2n) is 5.15. The van der Waals surface area contributed by atoms with Crippen LogP contribution in [0, 0.1) is 13.8 Å². The number of hydrogen-bond acceptors (Lipinski definition) is 4. The van der Waals surface area contributed by atoms with Gasteiger partial charge in [0.25, 0.3) is 0 Å². The Morgan fingerprint density at radius 1 is 1.32 bits per heavy atom. The molecule has 2 aromatic heterocycles. The molecular formula is C14H19N5. The van der Waals surface area contributed by atoms with Crippen LogP contribution >= 0.6 is 0 Å². The summed E-state index contributed by atoms with van der Waals surface area (Å²) in [5, 5.41) is 3.45. The number of aryl methyl sites for hydroxylation is 2. The minimum Gasteiger partial charge on any atom is -0.330 e. The van der Waals surface area contributed by atoms with Gasteiger partial charge in [0.2, 0.25) is 0 Å². The molecule has 1 N–H and O–H groups in total. The summed E-state index contributed by atoms with van der Waals surface area (Å²) in [6.07, 6.45) is 4.19. The summed E-state index contributed by atoms with van der Waals surface area (Å²) < 4.78 is 2.06. The standard InChI is InChI=1S/C14H19N5/c1-9-7-12(13-8-16-10(2)19(13)3)18-14(17-9)11-5-4-6-15-11/h7-8,11,15H,4-6H2,1-3H3/t11-/m1/s1. The van der Waals surface area contributed by atoms with Crippen molar-refractivity contribution in [2.45, 2.75) is 32.7 Å². The molecule has 0 aliphatic carbocycles. The first-order valence-corrected chi connectivity index (χ1v) is 6.73. The molecule has 0 spiro atoms. The zero-order valence-electron chi connectivity index (χ0n) is 11.6. The van der Waals surface area contributed by atoms with Crippen LogP contribution in [0.1, 0.15) is 36.2 Å². The van der Waals surface area contributed by atoms with Crippen LogP contribution in [-0.2, 0) is 7.05 Å². The van der Waals surface area contributed by atoms with E-state index in [0.29, 0.717) is 6.04 Å². The molecule has 2 aromatic rings. The van der Waals surface area contributed by atoms with E-state index in [0.717, 1.165) is 41.7 Å². The van der Waals surface area contributed by atoms with Crippen molar-refractivity contribution >= 4 is 0 Å². The summed E-state index contributed by atoms with van der Waals surface area (Å²) in [4.78, 5) is 13.6. The van der Waals surface area contributed by atoms with E-state index in [1.165, 1.54) is 6.42 Å². The molecule has 1 aliphatic rings. The molecule has 0 amide bonds. The van der Waals surface area contributed by atoms with Crippen molar-refractivity contribution in [3.63, 3.8) is 0 Å². The van der Waals surface area contributed by atoms with Crippen molar-refractivity contribution < 1.29 is 0 Å². The van der Waals surface area contributed by atoms with Crippen molar-refractivity contribution in [1.82, 2.24) is 24.8 Å². The van der Waals surface area contributed by atoms with Gasteiger partial charge in [-0.05, 0) is 39.3 Å². The highest BCUT2D eigenvalue weighted by molar-refractivity contribution is 5.54. The fourth-order valence-corrected chi connectivity index (χ4v) is 2.52. The molecule has 0 radical (unpaired) electrons. The normalized spacial score (nSPS) is 19.0. The summed E-state index contributed by atoms with van der Waals surface area (Å²) >= 11 is 0. The molecule has 0 saturated carbocycles. The minimum absolute atomic E-state index is 0.299. The van der Waals surface area contributed by atoms with E-state index in [-0.39, 0.29) is 0 Å². The van der Waals surface area contributed by atoms with E-state index in [1.807, 2.05) is 33.2 Å². The van der Waals surface area contributed by atoms with Crippen LogP contribution in [0.2, 0.25) is 0 Å². The van der Waals surface area contributed by atoms with Gasteiger partial charge in [0.05, 0.1) is 23.6 Å². The Morgan fingerprint density at radius 3 is 2.79 bits per heavy atom.